The second-order valence-corrected chi connectivity index (χ2v) is 15.7. The number of hydrogen-bond donors (Lipinski definition) is 4. The van der Waals surface area contributed by atoms with Crippen molar-refractivity contribution < 1.29 is 38.8 Å². The van der Waals surface area contributed by atoms with E-state index in [0.29, 0.717) is 24.8 Å². The molecule has 3 aliphatic heterocycles. The summed E-state index contributed by atoms with van der Waals surface area (Å²) in [5.74, 6) is -0.680. The molecular formula is C40H68N2O8. The second kappa shape index (κ2) is 20.8. The molecule has 10 heteroatoms. The molecule has 11 atom stereocenters. The fourth-order valence-corrected chi connectivity index (χ4v) is 7.51. The van der Waals surface area contributed by atoms with Crippen LogP contribution in [0, 0.1) is 23.7 Å². The van der Waals surface area contributed by atoms with Crippen molar-refractivity contribution in [2.45, 2.75) is 174 Å². The van der Waals surface area contributed by atoms with Gasteiger partial charge in [-0.2, -0.15) is 0 Å². The monoisotopic (exact) mass is 704 g/mol. The Morgan fingerprint density at radius 2 is 1.64 bits per heavy atom. The van der Waals surface area contributed by atoms with Crippen LogP contribution in [0.15, 0.2) is 23.8 Å². The molecule has 0 aliphatic carbocycles. The van der Waals surface area contributed by atoms with E-state index in [1.165, 1.54) is 0 Å². The third-order valence-corrected chi connectivity index (χ3v) is 11.2. The zero-order valence-corrected chi connectivity index (χ0v) is 32.0. The van der Waals surface area contributed by atoms with Gasteiger partial charge < -0.3 is 35.1 Å². The van der Waals surface area contributed by atoms with Crippen LogP contribution < -0.4 is 10.6 Å². The Hall–Kier alpha value is -2.11. The molecule has 0 aromatic heterocycles. The van der Waals surface area contributed by atoms with E-state index >= 15 is 0 Å². The molecule has 2 amide bonds. The number of aliphatic hydroxyl groups excluding tert-OH is 2. The van der Waals surface area contributed by atoms with Gasteiger partial charge >= 0.3 is 0 Å². The van der Waals surface area contributed by atoms with E-state index in [0.717, 1.165) is 76.2 Å². The van der Waals surface area contributed by atoms with Crippen molar-refractivity contribution >= 4 is 17.6 Å². The molecular weight excluding hydrogens is 636 g/mol. The molecule has 0 saturated carbocycles. The number of aliphatic hydroxyl groups is 2. The smallest absolute Gasteiger partial charge is 0.225 e. The zero-order valence-electron chi connectivity index (χ0n) is 32.0. The van der Waals surface area contributed by atoms with Crippen LogP contribution in [0.3, 0.4) is 0 Å². The molecule has 286 valence electrons. The van der Waals surface area contributed by atoms with Crippen molar-refractivity contribution in [1.29, 1.82) is 0 Å². The van der Waals surface area contributed by atoms with Crippen LogP contribution in [0.5, 0.6) is 0 Å². The average molecular weight is 705 g/mol. The summed E-state index contributed by atoms with van der Waals surface area (Å²) in [6, 6.07) is 0. The lowest BCUT2D eigenvalue weighted by Crippen LogP contribution is -2.50. The van der Waals surface area contributed by atoms with Crippen molar-refractivity contribution in [3.05, 3.63) is 23.8 Å². The van der Waals surface area contributed by atoms with Crippen LogP contribution in [0.1, 0.15) is 132 Å². The molecule has 3 saturated heterocycles. The second-order valence-electron chi connectivity index (χ2n) is 15.7. The molecule has 4 N–H and O–H groups in total. The number of hydrogen-bond acceptors (Lipinski definition) is 8. The molecule has 0 aromatic carbocycles. The van der Waals surface area contributed by atoms with E-state index in [4.69, 9.17) is 14.2 Å². The highest BCUT2D eigenvalue weighted by Gasteiger charge is 2.44. The number of carbonyl (C=O) groups excluding carboxylic acids is 3. The van der Waals surface area contributed by atoms with Gasteiger partial charge in [-0.05, 0) is 108 Å². The van der Waals surface area contributed by atoms with E-state index in [-0.39, 0.29) is 60.9 Å². The molecule has 3 fully saturated rings. The summed E-state index contributed by atoms with van der Waals surface area (Å²) in [7, 11) is 0. The average Bonchev–Trinajstić information content (AvgIpc) is 3.07. The Kier molecular flexibility index (Phi) is 17.6. The Morgan fingerprint density at radius 3 is 2.36 bits per heavy atom. The van der Waals surface area contributed by atoms with Crippen LogP contribution in [-0.4, -0.2) is 83.3 Å². The molecule has 0 aromatic rings. The fraction of sp³-hybridized carbons (Fsp3) is 0.825. The molecule has 50 heavy (non-hydrogen) atoms. The zero-order chi connectivity index (χ0) is 36.8. The lowest BCUT2D eigenvalue weighted by Gasteiger charge is -2.48. The van der Waals surface area contributed by atoms with E-state index < -0.39 is 23.9 Å². The number of carbonyl (C=O) groups is 3. The Balaban J connectivity index is 1.36. The molecule has 1 spiro atoms. The summed E-state index contributed by atoms with van der Waals surface area (Å²) in [5, 5.41) is 26.2. The topological polar surface area (TPSA) is 143 Å². The number of ether oxygens (including phenoxy) is 3. The highest BCUT2D eigenvalue weighted by atomic mass is 16.7. The maximum atomic E-state index is 12.9. The molecule has 0 unspecified atom stereocenters. The number of allylic oxidation sites excluding steroid dienone is 3. The van der Waals surface area contributed by atoms with Gasteiger partial charge in [-0.1, -0.05) is 39.8 Å². The van der Waals surface area contributed by atoms with Gasteiger partial charge in [-0.25, -0.2) is 0 Å². The minimum atomic E-state index is -1.02. The molecule has 3 heterocycles. The van der Waals surface area contributed by atoms with Crippen molar-refractivity contribution in [1.82, 2.24) is 10.6 Å². The quantitative estimate of drug-likeness (QED) is 0.0782. The normalized spacial score (nSPS) is 31.6. The molecule has 0 bridgehead atoms. The first-order valence-electron chi connectivity index (χ1n) is 19.5. The summed E-state index contributed by atoms with van der Waals surface area (Å²) >= 11 is 0. The van der Waals surface area contributed by atoms with E-state index in [9.17, 15) is 24.6 Å². The minimum Gasteiger partial charge on any atom is -0.390 e. The molecule has 3 aliphatic rings. The van der Waals surface area contributed by atoms with Crippen molar-refractivity contribution in [2.75, 3.05) is 13.1 Å². The number of rotatable bonds is 18. The van der Waals surface area contributed by atoms with Gasteiger partial charge in [0.15, 0.2) is 11.6 Å². The van der Waals surface area contributed by atoms with E-state index in [1.807, 2.05) is 20.8 Å². The van der Waals surface area contributed by atoms with Crippen molar-refractivity contribution in [3.8, 4) is 0 Å². The largest absolute Gasteiger partial charge is 0.390 e. The summed E-state index contributed by atoms with van der Waals surface area (Å²) in [4.78, 5) is 37.6. The number of amides is 2. The van der Waals surface area contributed by atoms with Crippen LogP contribution in [-0.2, 0) is 28.6 Å². The SMILES string of the molecule is C/C=C/C(=O)C[C@H]1CC[C@H](C)[C@@H](CC(=O)NC[C@@H](O)[C@H](C)C(=O)NCCC[C@H]2O[C@@]3(CCC[C@@H](CC[C@H](C)/C=C(\C)[C@H](C)O)O3)CC[C@@H]2C)O1. The minimum absolute atomic E-state index is 0.0223. The predicted molar refractivity (Wildman–Crippen MR) is 195 cm³/mol. The summed E-state index contributed by atoms with van der Waals surface area (Å²) < 4.78 is 19.5. The third-order valence-electron chi connectivity index (χ3n) is 11.2. The Labute approximate surface area is 301 Å². The fourth-order valence-electron chi connectivity index (χ4n) is 7.51. The summed E-state index contributed by atoms with van der Waals surface area (Å²) in [5.41, 5.74) is 1.01. The van der Waals surface area contributed by atoms with Gasteiger partial charge in [-0.15, -0.1) is 0 Å². The van der Waals surface area contributed by atoms with Crippen LogP contribution in [0.2, 0.25) is 0 Å². The van der Waals surface area contributed by atoms with Gasteiger partial charge in [0.2, 0.25) is 11.8 Å². The van der Waals surface area contributed by atoms with Crippen molar-refractivity contribution in [2.24, 2.45) is 23.7 Å². The lowest BCUT2D eigenvalue weighted by atomic mass is 9.85. The van der Waals surface area contributed by atoms with Gasteiger partial charge in [0.25, 0.3) is 0 Å². The van der Waals surface area contributed by atoms with Crippen molar-refractivity contribution in [3.63, 3.8) is 0 Å². The molecule has 3 rings (SSSR count). The number of nitrogens with one attached hydrogen (secondary N) is 2. The highest BCUT2D eigenvalue weighted by Crippen LogP contribution is 2.43. The first-order valence-corrected chi connectivity index (χ1v) is 19.5. The summed E-state index contributed by atoms with van der Waals surface area (Å²) in [6.07, 6.45) is 14.5. The molecule has 0 radical (unpaired) electrons. The maximum absolute atomic E-state index is 12.9. The highest BCUT2D eigenvalue weighted by molar-refractivity contribution is 5.89. The maximum Gasteiger partial charge on any atom is 0.225 e. The Bertz CT molecular complexity index is 1140. The van der Waals surface area contributed by atoms with Crippen LogP contribution >= 0.6 is 0 Å². The first kappa shape index (κ1) is 42.3. The number of ketones is 1. The van der Waals surface area contributed by atoms with E-state index in [2.05, 4.69) is 30.6 Å². The Morgan fingerprint density at radius 1 is 0.900 bits per heavy atom. The van der Waals surface area contributed by atoms with E-state index in [1.54, 1.807) is 26.0 Å². The standard InChI is InChI=1S/C40H68N2O8/c1-8-11-32(44)23-34-17-15-27(3)37(48-34)24-38(46)42-25-35(45)30(6)39(47)41-21-10-13-36-28(4)18-20-40(50-36)19-9-12-33(49-40)16-14-26(2)22-29(5)31(7)43/h8,11,22,26-28,30-31,33-37,43,45H,9-10,12-21,23-25H2,1-7H3,(H,41,47)(H,42,46)/b11-8+,29-22+/t26-,27-,28-,30-,31-,33-,34+,35+,36+,37+,40-/m0/s1. The first-order chi connectivity index (χ1) is 23.7. The molecule has 10 nitrogen and oxygen atoms in total. The van der Waals surface area contributed by atoms with Gasteiger partial charge in [-0.3, -0.25) is 14.4 Å². The van der Waals surface area contributed by atoms with Gasteiger partial charge in [0.05, 0.1) is 49.0 Å². The predicted octanol–water partition coefficient (Wildman–Crippen LogP) is 5.93. The van der Waals surface area contributed by atoms with Crippen LogP contribution in [0.4, 0.5) is 0 Å². The lowest BCUT2D eigenvalue weighted by molar-refractivity contribution is -0.324. The van der Waals surface area contributed by atoms with Gasteiger partial charge in [0, 0.05) is 32.4 Å². The third kappa shape index (κ3) is 13.8. The van der Waals surface area contributed by atoms with Crippen LogP contribution in [0.25, 0.3) is 0 Å². The van der Waals surface area contributed by atoms with Gasteiger partial charge in [0.1, 0.15) is 0 Å². The summed E-state index contributed by atoms with van der Waals surface area (Å²) in [6.45, 7) is 14.2.